The van der Waals surface area contributed by atoms with Gasteiger partial charge in [0.1, 0.15) is 5.75 Å². The van der Waals surface area contributed by atoms with Crippen molar-refractivity contribution in [2.24, 2.45) is 0 Å². The normalized spacial score (nSPS) is 18.8. The molecular weight excluding hydrogens is 236 g/mol. The number of benzene rings is 1. The Hall–Kier alpha value is -1.53. The Labute approximate surface area is 115 Å². The van der Waals surface area contributed by atoms with Gasteiger partial charge in [-0.2, -0.15) is 5.26 Å². The van der Waals surface area contributed by atoms with Gasteiger partial charge in [0, 0.05) is 6.04 Å². The molecule has 3 nitrogen and oxygen atoms in total. The Morgan fingerprint density at radius 3 is 2.79 bits per heavy atom. The molecule has 0 aromatic heterocycles. The summed E-state index contributed by atoms with van der Waals surface area (Å²) in [6.45, 7) is 4.32. The Morgan fingerprint density at radius 1 is 1.42 bits per heavy atom. The topological polar surface area (TPSA) is 36.3 Å². The van der Waals surface area contributed by atoms with Crippen LogP contribution in [0.4, 0.5) is 0 Å². The number of ether oxygens (including phenoxy) is 1. The SMILES string of the molecule is COc1cccc(C2CCN(C(C)CC#N)CC2)c1. The first-order valence-corrected chi connectivity index (χ1v) is 6.99. The number of nitrogens with zero attached hydrogens (tertiary/aromatic N) is 2. The standard InChI is InChI=1S/C16H22N2O/c1-13(6-9-17)18-10-7-14(8-11-18)15-4-3-5-16(12-15)19-2/h3-5,12-14H,6-8,10-11H2,1-2H3. The van der Waals surface area contributed by atoms with Crippen LogP contribution in [0.3, 0.4) is 0 Å². The summed E-state index contributed by atoms with van der Waals surface area (Å²) in [6.07, 6.45) is 2.97. The molecule has 1 unspecified atom stereocenters. The quantitative estimate of drug-likeness (QED) is 0.832. The molecule has 1 aromatic rings. The van der Waals surface area contributed by atoms with Gasteiger partial charge in [-0.05, 0) is 56.5 Å². The van der Waals surface area contributed by atoms with Gasteiger partial charge in [0.15, 0.2) is 0 Å². The Morgan fingerprint density at radius 2 is 2.16 bits per heavy atom. The fourth-order valence-electron chi connectivity index (χ4n) is 2.83. The highest BCUT2D eigenvalue weighted by atomic mass is 16.5. The molecule has 1 fully saturated rings. The van der Waals surface area contributed by atoms with E-state index in [2.05, 4.69) is 36.1 Å². The van der Waals surface area contributed by atoms with Gasteiger partial charge in [-0.25, -0.2) is 0 Å². The van der Waals surface area contributed by atoms with E-state index in [-0.39, 0.29) is 0 Å². The molecule has 0 saturated carbocycles. The van der Waals surface area contributed by atoms with Gasteiger partial charge in [-0.1, -0.05) is 12.1 Å². The Bertz CT molecular complexity index is 444. The maximum absolute atomic E-state index is 8.76. The summed E-state index contributed by atoms with van der Waals surface area (Å²) >= 11 is 0. The van der Waals surface area contributed by atoms with Gasteiger partial charge in [0.2, 0.25) is 0 Å². The summed E-state index contributed by atoms with van der Waals surface area (Å²) in [5, 5.41) is 8.76. The van der Waals surface area contributed by atoms with E-state index in [1.165, 1.54) is 18.4 Å². The molecule has 0 bridgehead atoms. The summed E-state index contributed by atoms with van der Waals surface area (Å²) in [4.78, 5) is 2.43. The molecule has 1 aliphatic rings. The monoisotopic (exact) mass is 258 g/mol. The maximum Gasteiger partial charge on any atom is 0.119 e. The van der Waals surface area contributed by atoms with E-state index >= 15 is 0 Å². The minimum Gasteiger partial charge on any atom is -0.497 e. The van der Waals surface area contributed by atoms with Gasteiger partial charge in [-0.15, -0.1) is 0 Å². The van der Waals surface area contributed by atoms with Crippen LogP contribution < -0.4 is 4.74 Å². The molecule has 1 heterocycles. The summed E-state index contributed by atoms with van der Waals surface area (Å²) in [5.41, 5.74) is 1.38. The van der Waals surface area contributed by atoms with E-state index in [1.807, 2.05) is 6.07 Å². The molecule has 102 valence electrons. The number of hydrogen-bond donors (Lipinski definition) is 0. The van der Waals surface area contributed by atoms with Crippen LogP contribution in [0.1, 0.15) is 37.7 Å². The lowest BCUT2D eigenvalue weighted by atomic mass is 9.88. The highest BCUT2D eigenvalue weighted by molar-refractivity contribution is 5.31. The molecule has 0 spiro atoms. The lowest BCUT2D eigenvalue weighted by Crippen LogP contribution is -2.39. The van der Waals surface area contributed by atoms with Crippen molar-refractivity contribution in [1.82, 2.24) is 4.90 Å². The number of hydrogen-bond acceptors (Lipinski definition) is 3. The van der Waals surface area contributed by atoms with E-state index in [4.69, 9.17) is 10.00 Å². The largest absolute Gasteiger partial charge is 0.497 e. The van der Waals surface area contributed by atoms with E-state index < -0.39 is 0 Å². The summed E-state index contributed by atoms with van der Waals surface area (Å²) in [7, 11) is 1.71. The van der Waals surface area contributed by atoms with Gasteiger partial charge in [0.05, 0.1) is 19.6 Å². The van der Waals surface area contributed by atoms with Gasteiger partial charge in [0.25, 0.3) is 0 Å². The zero-order chi connectivity index (χ0) is 13.7. The smallest absolute Gasteiger partial charge is 0.119 e. The van der Waals surface area contributed by atoms with Gasteiger partial charge in [-0.3, -0.25) is 4.90 Å². The lowest BCUT2D eigenvalue weighted by molar-refractivity contribution is 0.163. The van der Waals surface area contributed by atoms with E-state index in [0.717, 1.165) is 18.8 Å². The summed E-state index contributed by atoms with van der Waals surface area (Å²) < 4.78 is 5.29. The Balaban J connectivity index is 1.94. The van der Waals surface area contributed by atoms with Crippen LogP contribution in [0, 0.1) is 11.3 Å². The van der Waals surface area contributed by atoms with Crippen LogP contribution >= 0.6 is 0 Å². The second-order valence-corrected chi connectivity index (χ2v) is 5.30. The molecule has 1 aromatic carbocycles. The van der Waals surface area contributed by atoms with E-state index in [1.54, 1.807) is 7.11 Å². The van der Waals surface area contributed by atoms with Crippen molar-refractivity contribution in [2.45, 2.75) is 38.1 Å². The molecule has 0 radical (unpaired) electrons. The van der Waals surface area contributed by atoms with E-state index in [0.29, 0.717) is 18.4 Å². The predicted octanol–water partition coefficient (Wildman–Crippen LogP) is 3.18. The fourth-order valence-corrected chi connectivity index (χ4v) is 2.83. The van der Waals surface area contributed by atoms with Crippen LogP contribution in [0.5, 0.6) is 5.75 Å². The summed E-state index contributed by atoms with van der Waals surface area (Å²) in [6, 6.07) is 11.1. The zero-order valence-corrected chi connectivity index (χ0v) is 11.8. The minimum absolute atomic E-state index is 0.385. The molecule has 3 heteroatoms. The predicted molar refractivity (Wildman–Crippen MR) is 76.2 cm³/mol. The van der Waals surface area contributed by atoms with Gasteiger partial charge >= 0.3 is 0 Å². The fraction of sp³-hybridized carbons (Fsp3) is 0.562. The molecule has 2 rings (SSSR count). The molecule has 0 N–H and O–H groups in total. The number of rotatable bonds is 4. The number of methoxy groups -OCH3 is 1. The van der Waals surface area contributed by atoms with Crippen molar-refractivity contribution in [3.63, 3.8) is 0 Å². The van der Waals surface area contributed by atoms with Crippen LogP contribution in [0.15, 0.2) is 24.3 Å². The first-order chi connectivity index (χ1) is 9.24. The third kappa shape index (κ3) is 3.48. The number of likely N-dealkylation sites (tertiary alicyclic amines) is 1. The average Bonchev–Trinajstić information content (AvgIpc) is 2.48. The summed E-state index contributed by atoms with van der Waals surface area (Å²) in [5.74, 6) is 1.57. The van der Waals surface area contributed by atoms with Crippen molar-refractivity contribution >= 4 is 0 Å². The van der Waals surface area contributed by atoms with Crippen LogP contribution in [-0.4, -0.2) is 31.1 Å². The highest BCUT2D eigenvalue weighted by Crippen LogP contribution is 2.30. The minimum atomic E-state index is 0.385. The van der Waals surface area contributed by atoms with Crippen LogP contribution in [-0.2, 0) is 0 Å². The number of piperidine rings is 1. The highest BCUT2D eigenvalue weighted by Gasteiger charge is 2.23. The van der Waals surface area contributed by atoms with Crippen molar-refractivity contribution < 1.29 is 4.74 Å². The third-order valence-corrected chi connectivity index (χ3v) is 4.10. The average molecular weight is 258 g/mol. The molecule has 0 amide bonds. The number of nitriles is 1. The second-order valence-electron chi connectivity index (χ2n) is 5.30. The molecular formula is C16H22N2O. The zero-order valence-electron chi connectivity index (χ0n) is 11.8. The van der Waals surface area contributed by atoms with Crippen molar-refractivity contribution in [3.8, 4) is 11.8 Å². The molecule has 0 aliphatic carbocycles. The first-order valence-electron chi connectivity index (χ1n) is 6.99. The third-order valence-electron chi connectivity index (χ3n) is 4.10. The molecule has 1 atom stereocenters. The van der Waals surface area contributed by atoms with Crippen molar-refractivity contribution in [2.75, 3.05) is 20.2 Å². The molecule has 19 heavy (non-hydrogen) atoms. The van der Waals surface area contributed by atoms with Crippen molar-refractivity contribution in [3.05, 3.63) is 29.8 Å². The van der Waals surface area contributed by atoms with Crippen LogP contribution in [0.2, 0.25) is 0 Å². The van der Waals surface area contributed by atoms with E-state index in [9.17, 15) is 0 Å². The molecule has 1 saturated heterocycles. The Kier molecular flexibility index (Phi) is 4.81. The van der Waals surface area contributed by atoms with Crippen LogP contribution in [0.25, 0.3) is 0 Å². The first kappa shape index (κ1) is 13.9. The van der Waals surface area contributed by atoms with Gasteiger partial charge < -0.3 is 4.74 Å². The molecule has 1 aliphatic heterocycles. The van der Waals surface area contributed by atoms with Crippen molar-refractivity contribution in [1.29, 1.82) is 5.26 Å². The maximum atomic E-state index is 8.76. The lowest BCUT2D eigenvalue weighted by Gasteiger charge is -2.35. The second kappa shape index (κ2) is 6.58.